The molecule has 3 nitrogen and oxygen atoms in total. The third kappa shape index (κ3) is 7.26. The van der Waals surface area contributed by atoms with Crippen LogP contribution in [0.5, 0.6) is 0 Å². The van der Waals surface area contributed by atoms with Crippen molar-refractivity contribution in [3.8, 4) is 50.8 Å². The maximum atomic E-state index is 14.8. The van der Waals surface area contributed by atoms with Crippen molar-refractivity contribution in [1.29, 1.82) is 5.26 Å². The van der Waals surface area contributed by atoms with E-state index in [2.05, 4.69) is 163 Å². The van der Waals surface area contributed by atoms with Gasteiger partial charge >= 0.3 is 12.4 Å². The highest BCUT2D eigenvalue weighted by Gasteiger charge is 2.42. The van der Waals surface area contributed by atoms with E-state index < -0.39 is 34.5 Å². The molecular formula is C68H45F6N3. The Bertz CT molecular complexity index is 4420. The molecule has 0 amide bonds. The zero-order valence-corrected chi connectivity index (χ0v) is 42.2. The summed E-state index contributed by atoms with van der Waals surface area (Å²) in [7, 11) is 0. The predicted octanol–water partition coefficient (Wildman–Crippen LogP) is 18.7. The predicted molar refractivity (Wildman–Crippen MR) is 297 cm³/mol. The van der Waals surface area contributed by atoms with Crippen molar-refractivity contribution in [3.05, 3.63) is 261 Å². The number of hydrogen-bond donors (Lipinski definition) is 0. The van der Waals surface area contributed by atoms with Crippen LogP contribution >= 0.6 is 0 Å². The standard InChI is InChI=1S/C68H45F6N3/c1-39-13-5-9-17-51(39)43-21-25-53-55-27-23-47-35-62(55)76(60(53)31-43)64-33-46(38-75)57(45-29-49(67(69,70)71)34-50(30-45)68(72,73)74)37-65(64)77-61-32-44(52-18-10-6-14-40(52)2)22-26-54(61)56-28-24-48(36-63(56)77)66(47,58-19-11-7-15-41(58)3)59-20-12-8-16-42(59)4/h5-37H,1-4H3. The number of nitrogens with zero attached hydrogens (tertiary/aromatic N) is 3. The molecule has 0 unspecified atom stereocenters. The molecule has 10 aromatic carbocycles. The minimum absolute atomic E-state index is 0.0878. The zero-order valence-electron chi connectivity index (χ0n) is 42.2. The first-order valence-corrected chi connectivity index (χ1v) is 25.3. The van der Waals surface area contributed by atoms with E-state index in [0.29, 0.717) is 23.5 Å². The molecule has 2 aromatic heterocycles. The molecule has 0 aliphatic carbocycles. The number of halogens is 6. The van der Waals surface area contributed by atoms with Crippen LogP contribution in [-0.4, -0.2) is 9.13 Å². The van der Waals surface area contributed by atoms with Crippen molar-refractivity contribution < 1.29 is 26.3 Å². The number of rotatable bonds is 5. The Morgan fingerprint density at radius 3 is 1.18 bits per heavy atom. The van der Waals surface area contributed by atoms with Crippen LogP contribution in [0.15, 0.2) is 200 Å². The molecule has 4 bridgehead atoms. The molecule has 0 radical (unpaired) electrons. The molecule has 9 heteroatoms. The van der Waals surface area contributed by atoms with Gasteiger partial charge in [0.05, 0.1) is 61.6 Å². The van der Waals surface area contributed by atoms with Crippen LogP contribution in [0.4, 0.5) is 26.3 Å². The molecule has 13 rings (SSSR count). The molecular weight excluding hydrogens is 973 g/mol. The number of aryl methyl sites for hydroxylation is 4. The molecule has 12 aromatic rings. The molecule has 0 atom stereocenters. The molecule has 0 saturated carbocycles. The van der Waals surface area contributed by atoms with Crippen LogP contribution in [0.25, 0.3) is 88.4 Å². The van der Waals surface area contributed by atoms with E-state index in [1.807, 2.05) is 49.4 Å². The summed E-state index contributed by atoms with van der Waals surface area (Å²) in [5, 5.41) is 14.8. The minimum Gasteiger partial charge on any atom is -0.307 e. The second-order valence-corrected chi connectivity index (χ2v) is 20.4. The molecule has 77 heavy (non-hydrogen) atoms. The third-order valence-corrected chi connectivity index (χ3v) is 16.0. The SMILES string of the molecule is Cc1ccccc1-c1ccc2c3ccc4cc3n(c2c1)-c1cc(C#N)c(-c2cc(C(F)(F)F)cc(C(F)(F)F)c2)cc1-n1c2cc(-c3ccccc3C)ccc2c2ccc(cc21)C4(c1ccccc1C)c1ccccc1C. The van der Waals surface area contributed by atoms with Gasteiger partial charge in [0.1, 0.15) is 0 Å². The Kier molecular flexibility index (Phi) is 10.6. The minimum atomic E-state index is -5.13. The Hall–Kier alpha value is -9.13. The summed E-state index contributed by atoms with van der Waals surface area (Å²) in [6.45, 7) is 8.36. The number of benzene rings is 10. The van der Waals surface area contributed by atoms with Crippen LogP contribution in [0, 0.1) is 39.0 Å². The van der Waals surface area contributed by atoms with Gasteiger partial charge in [-0.1, -0.05) is 146 Å². The van der Waals surface area contributed by atoms with Crippen LogP contribution in [0.1, 0.15) is 61.2 Å². The summed E-state index contributed by atoms with van der Waals surface area (Å²) in [6.07, 6.45) is -10.3. The summed E-state index contributed by atoms with van der Waals surface area (Å²) in [6, 6.07) is 65.9. The number of hydrogen-bond acceptors (Lipinski definition) is 1. The van der Waals surface area contributed by atoms with Crippen molar-refractivity contribution in [2.24, 2.45) is 0 Å². The lowest BCUT2D eigenvalue weighted by Crippen LogP contribution is -2.32. The lowest BCUT2D eigenvalue weighted by atomic mass is 9.63. The molecule has 0 spiro atoms. The van der Waals surface area contributed by atoms with Gasteiger partial charge in [0, 0.05) is 27.1 Å². The van der Waals surface area contributed by atoms with E-state index in [9.17, 15) is 31.6 Å². The van der Waals surface area contributed by atoms with Crippen molar-refractivity contribution in [2.45, 2.75) is 45.5 Å². The number of fused-ring (bicyclic) bond motifs is 11. The lowest BCUT2D eigenvalue weighted by Gasteiger charge is -2.39. The molecule has 1 aliphatic heterocycles. The first kappa shape index (κ1) is 47.6. The number of nitriles is 1. The van der Waals surface area contributed by atoms with Gasteiger partial charge in [0.2, 0.25) is 0 Å². The fourth-order valence-corrected chi connectivity index (χ4v) is 12.4. The van der Waals surface area contributed by atoms with E-state index in [0.717, 1.165) is 110 Å². The maximum Gasteiger partial charge on any atom is 0.416 e. The maximum absolute atomic E-state index is 14.8. The summed E-state index contributed by atoms with van der Waals surface area (Å²) < 4.78 is 92.9. The fourth-order valence-electron chi connectivity index (χ4n) is 12.4. The van der Waals surface area contributed by atoms with Crippen molar-refractivity contribution >= 4 is 43.6 Å². The van der Waals surface area contributed by atoms with E-state index in [1.165, 1.54) is 0 Å². The highest BCUT2D eigenvalue weighted by atomic mass is 19.4. The number of alkyl halides is 6. The molecule has 1 aliphatic rings. The summed E-state index contributed by atoms with van der Waals surface area (Å²) in [5.74, 6) is 0. The van der Waals surface area contributed by atoms with E-state index in [1.54, 1.807) is 12.1 Å². The Morgan fingerprint density at radius 2 is 0.766 bits per heavy atom. The van der Waals surface area contributed by atoms with Gasteiger partial charge in [-0.3, -0.25) is 0 Å². The van der Waals surface area contributed by atoms with E-state index in [-0.39, 0.29) is 17.2 Å². The zero-order chi connectivity index (χ0) is 53.3. The second kappa shape index (κ2) is 17.2. The first-order chi connectivity index (χ1) is 37.0. The summed E-state index contributed by atoms with van der Waals surface area (Å²) >= 11 is 0. The van der Waals surface area contributed by atoms with Gasteiger partial charge in [-0.25, -0.2) is 0 Å². The molecule has 3 heterocycles. The van der Waals surface area contributed by atoms with Gasteiger partial charge in [-0.2, -0.15) is 31.6 Å². The van der Waals surface area contributed by atoms with Crippen molar-refractivity contribution in [1.82, 2.24) is 9.13 Å². The Labute approximate surface area is 440 Å². The molecule has 0 saturated heterocycles. The molecule has 374 valence electrons. The van der Waals surface area contributed by atoms with Crippen LogP contribution in [0.3, 0.4) is 0 Å². The fraction of sp³-hybridized carbons (Fsp3) is 0.103. The Morgan fingerprint density at radius 1 is 0.377 bits per heavy atom. The highest BCUT2D eigenvalue weighted by Crippen LogP contribution is 2.52. The van der Waals surface area contributed by atoms with Gasteiger partial charge in [-0.15, -0.1) is 0 Å². The topological polar surface area (TPSA) is 33.6 Å². The molecule has 0 N–H and O–H groups in total. The lowest BCUT2D eigenvalue weighted by molar-refractivity contribution is -0.143. The van der Waals surface area contributed by atoms with Crippen LogP contribution in [-0.2, 0) is 17.8 Å². The average molecular weight is 1020 g/mol. The second-order valence-electron chi connectivity index (χ2n) is 20.4. The van der Waals surface area contributed by atoms with Crippen molar-refractivity contribution in [3.63, 3.8) is 0 Å². The quantitative estimate of drug-likeness (QED) is 0.158. The number of aromatic nitrogens is 2. The Balaban J connectivity index is 1.29. The smallest absolute Gasteiger partial charge is 0.307 e. The van der Waals surface area contributed by atoms with E-state index >= 15 is 0 Å². The summed E-state index contributed by atoms with van der Waals surface area (Å²) in [4.78, 5) is 0. The van der Waals surface area contributed by atoms with Gasteiger partial charge in [0.25, 0.3) is 0 Å². The average Bonchev–Trinajstić information content (AvgIpc) is 4.18. The monoisotopic (exact) mass is 1020 g/mol. The third-order valence-electron chi connectivity index (χ3n) is 16.0. The van der Waals surface area contributed by atoms with Gasteiger partial charge in [-0.05, 0) is 155 Å². The molecule has 0 fully saturated rings. The highest BCUT2D eigenvalue weighted by molar-refractivity contribution is 6.13. The van der Waals surface area contributed by atoms with Crippen LogP contribution < -0.4 is 0 Å². The van der Waals surface area contributed by atoms with Crippen LogP contribution in [0.2, 0.25) is 0 Å². The summed E-state index contributed by atoms with van der Waals surface area (Å²) in [5.41, 5.74) is 11.5. The van der Waals surface area contributed by atoms with Gasteiger partial charge in [0.15, 0.2) is 0 Å². The van der Waals surface area contributed by atoms with Gasteiger partial charge < -0.3 is 9.13 Å². The van der Waals surface area contributed by atoms with E-state index in [4.69, 9.17) is 0 Å². The van der Waals surface area contributed by atoms with Crippen molar-refractivity contribution in [2.75, 3.05) is 0 Å². The normalized spacial score (nSPS) is 13.2. The first-order valence-electron chi connectivity index (χ1n) is 25.3. The largest absolute Gasteiger partial charge is 0.416 e.